The van der Waals surface area contributed by atoms with Crippen LogP contribution in [0.4, 0.5) is 0 Å². The second-order valence-electron chi connectivity index (χ2n) is 6.75. The highest BCUT2D eigenvalue weighted by Gasteiger charge is 2.35. The van der Waals surface area contributed by atoms with Crippen LogP contribution in [0.5, 0.6) is 0 Å². The van der Waals surface area contributed by atoms with Crippen LogP contribution in [0.3, 0.4) is 0 Å². The Morgan fingerprint density at radius 3 is 2.65 bits per heavy atom. The first kappa shape index (κ1) is 18.2. The van der Waals surface area contributed by atoms with Crippen molar-refractivity contribution in [3.8, 4) is 0 Å². The SMILES string of the molecule is O=C1NC/C=C/CCC(=O)N2CCC[C@H]2C(=O)N[C@@H]1Cc1ccccc1. The molecule has 138 valence electrons. The summed E-state index contributed by atoms with van der Waals surface area (Å²) in [5.74, 6) is -0.438. The first-order chi connectivity index (χ1) is 12.6. The van der Waals surface area contributed by atoms with Crippen molar-refractivity contribution in [1.29, 1.82) is 0 Å². The molecule has 2 N–H and O–H groups in total. The van der Waals surface area contributed by atoms with Gasteiger partial charge in [0.05, 0.1) is 0 Å². The van der Waals surface area contributed by atoms with Crippen molar-refractivity contribution in [2.75, 3.05) is 13.1 Å². The molecule has 6 nitrogen and oxygen atoms in total. The minimum atomic E-state index is -0.656. The Morgan fingerprint density at radius 1 is 1.04 bits per heavy atom. The molecule has 1 saturated heterocycles. The van der Waals surface area contributed by atoms with E-state index in [-0.39, 0.29) is 17.7 Å². The number of nitrogens with one attached hydrogen (secondary N) is 2. The van der Waals surface area contributed by atoms with Gasteiger partial charge in [-0.05, 0) is 24.8 Å². The van der Waals surface area contributed by atoms with Gasteiger partial charge < -0.3 is 15.5 Å². The lowest BCUT2D eigenvalue weighted by atomic mass is 10.0. The lowest BCUT2D eigenvalue weighted by Gasteiger charge is -2.26. The molecule has 1 fully saturated rings. The second-order valence-corrected chi connectivity index (χ2v) is 6.75. The molecule has 0 bridgehead atoms. The number of nitrogens with zero attached hydrogens (tertiary/aromatic N) is 1. The molecule has 0 radical (unpaired) electrons. The predicted molar refractivity (Wildman–Crippen MR) is 98.2 cm³/mol. The number of fused-ring (bicyclic) bond motifs is 1. The van der Waals surface area contributed by atoms with Gasteiger partial charge in [-0.3, -0.25) is 14.4 Å². The van der Waals surface area contributed by atoms with Gasteiger partial charge in [0.25, 0.3) is 0 Å². The van der Waals surface area contributed by atoms with Crippen LogP contribution in [0.25, 0.3) is 0 Å². The van der Waals surface area contributed by atoms with Crippen LogP contribution in [0.15, 0.2) is 42.5 Å². The Bertz CT molecular complexity index is 687. The summed E-state index contributed by atoms with van der Waals surface area (Å²) in [6.07, 6.45) is 6.65. The monoisotopic (exact) mass is 355 g/mol. The van der Waals surface area contributed by atoms with E-state index in [0.717, 1.165) is 12.0 Å². The van der Waals surface area contributed by atoms with Crippen molar-refractivity contribution in [2.45, 2.75) is 44.2 Å². The molecule has 0 aliphatic carbocycles. The van der Waals surface area contributed by atoms with E-state index < -0.39 is 12.1 Å². The average Bonchev–Trinajstić information content (AvgIpc) is 3.14. The molecule has 3 amide bonds. The summed E-state index contributed by atoms with van der Waals surface area (Å²) in [5, 5.41) is 5.72. The quantitative estimate of drug-likeness (QED) is 0.782. The van der Waals surface area contributed by atoms with Crippen molar-refractivity contribution in [3.05, 3.63) is 48.0 Å². The third-order valence-corrected chi connectivity index (χ3v) is 4.88. The smallest absolute Gasteiger partial charge is 0.243 e. The van der Waals surface area contributed by atoms with Crippen LogP contribution in [-0.4, -0.2) is 47.8 Å². The average molecular weight is 355 g/mol. The van der Waals surface area contributed by atoms with E-state index in [1.807, 2.05) is 42.5 Å². The van der Waals surface area contributed by atoms with E-state index in [1.54, 1.807) is 4.90 Å². The fourth-order valence-electron chi connectivity index (χ4n) is 3.50. The number of allylic oxidation sites excluding steroid dienone is 1. The van der Waals surface area contributed by atoms with Gasteiger partial charge >= 0.3 is 0 Å². The van der Waals surface area contributed by atoms with Crippen molar-refractivity contribution in [1.82, 2.24) is 15.5 Å². The van der Waals surface area contributed by atoms with Gasteiger partial charge in [-0.2, -0.15) is 0 Å². The molecule has 26 heavy (non-hydrogen) atoms. The van der Waals surface area contributed by atoms with E-state index in [0.29, 0.717) is 38.8 Å². The molecule has 1 aromatic rings. The number of hydrogen-bond donors (Lipinski definition) is 2. The van der Waals surface area contributed by atoms with Crippen molar-refractivity contribution >= 4 is 17.7 Å². The molecule has 3 rings (SSSR count). The zero-order valence-electron chi connectivity index (χ0n) is 14.8. The van der Waals surface area contributed by atoms with Crippen LogP contribution in [-0.2, 0) is 20.8 Å². The molecule has 2 atom stereocenters. The third-order valence-electron chi connectivity index (χ3n) is 4.88. The first-order valence-electron chi connectivity index (χ1n) is 9.21. The molecule has 0 unspecified atom stereocenters. The van der Waals surface area contributed by atoms with Gasteiger partial charge in [0.1, 0.15) is 12.1 Å². The third kappa shape index (κ3) is 4.50. The van der Waals surface area contributed by atoms with E-state index in [4.69, 9.17) is 0 Å². The van der Waals surface area contributed by atoms with E-state index in [1.165, 1.54) is 0 Å². The highest BCUT2D eigenvalue weighted by atomic mass is 16.2. The van der Waals surface area contributed by atoms with Crippen LogP contribution >= 0.6 is 0 Å². The minimum absolute atomic E-state index is 0.00504. The van der Waals surface area contributed by atoms with E-state index in [2.05, 4.69) is 10.6 Å². The maximum absolute atomic E-state index is 12.8. The Morgan fingerprint density at radius 2 is 1.85 bits per heavy atom. The second kappa shape index (κ2) is 8.65. The molecule has 0 aromatic heterocycles. The summed E-state index contributed by atoms with van der Waals surface area (Å²) >= 11 is 0. The maximum Gasteiger partial charge on any atom is 0.243 e. The molecule has 2 heterocycles. The first-order valence-corrected chi connectivity index (χ1v) is 9.21. The maximum atomic E-state index is 12.8. The largest absolute Gasteiger partial charge is 0.351 e. The topological polar surface area (TPSA) is 78.5 Å². The lowest BCUT2D eigenvalue weighted by molar-refractivity contribution is -0.139. The standard InChI is InChI=1S/C20H25N3O3/c24-18-11-5-2-6-12-21-19(25)16(14-15-8-3-1-4-9-15)22-20(26)17-10-7-13-23(17)18/h1-4,6,8-9,16-17H,5,7,10-14H2,(H,21,25)(H,22,26)/b6-2+/t16-,17+/m1/s1. The van der Waals surface area contributed by atoms with Crippen molar-refractivity contribution in [2.24, 2.45) is 0 Å². The van der Waals surface area contributed by atoms with Crippen LogP contribution < -0.4 is 10.6 Å². The van der Waals surface area contributed by atoms with Gasteiger partial charge in [0.15, 0.2) is 0 Å². The van der Waals surface area contributed by atoms with Crippen LogP contribution in [0, 0.1) is 0 Å². The fourth-order valence-corrected chi connectivity index (χ4v) is 3.50. The van der Waals surface area contributed by atoms with Crippen molar-refractivity contribution in [3.63, 3.8) is 0 Å². The number of carbonyl (C=O) groups is 3. The zero-order valence-corrected chi connectivity index (χ0v) is 14.8. The zero-order chi connectivity index (χ0) is 18.4. The number of amides is 3. The van der Waals surface area contributed by atoms with Crippen LogP contribution in [0.2, 0.25) is 0 Å². The van der Waals surface area contributed by atoms with Gasteiger partial charge in [0.2, 0.25) is 17.7 Å². The normalized spacial score (nSPS) is 26.0. The number of benzene rings is 1. The van der Waals surface area contributed by atoms with Gasteiger partial charge in [-0.25, -0.2) is 0 Å². The molecular formula is C20H25N3O3. The van der Waals surface area contributed by atoms with Gasteiger partial charge in [-0.15, -0.1) is 0 Å². The Hall–Kier alpha value is -2.63. The summed E-state index contributed by atoms with van der Waals surface area (Å²) in [6, 6.07) is 8.48. The Kier molecular flexibility index (Phi) is 6.04. The number of hydrogen-bond acceptors (Lipinski definition) is 3. The predicted octanol–water partition coefficient (Wildman–Crippen LogP) is 1.17. The summed E-state index contributed by atoms with van der Waals surface area (Å²) in [6.45, 7) is 0.998. The van der Waals surface area contributed by atoms with Gasteiger partial charge in [-0.1, -0.05) is 42.5 Å². The fraction of sp³-hybridized carbons (Fsp3) is 0.450. The van der Waals surface area contributed by atoms with E-state index >= 15 is 0 Å². The molecule has 0 saturated carbocycles. The summed E-state index contributed by atoms with van der Waals surface area (Å²) < 4.78 is 0. The molecule has 6 heteroatoms. The molecule has 1 aromatic carbocycles. The summed E-state index contributed by atoms with van der Waals surface area (Å²) in [4.78, 5) is 39.4. The Labute approximate surface area is 153 Å². The van der Waals surface area contributed by atoms with Crippen molar-refractivity contribution < 1.29 is 14.4 Å². The number of carbonyl (C=O) groups excluding carboxylic acids is 3. The molecule has 2 aliphatic rings. The summed E-state index contributed by atoms with van der Waals surface area (Å²) in [7, 11) is 0. The molecule has 2 aliphatic heterocycles. The highest BCUT2D eigenvalue weighted by Crippen LogP contribution is 2.19. The summed E-state index contributed by atoms with van der Waals surface area (Å²) in [5.41, 5.74) is 0.979. The van der Waals surface area contributed by atoms with Gasteiger partial charge in [0, 0.05) is 25.9 Å². The lowest BCUT2D eigenvalue weighted by Crippen LogP contribution is -2.53. The Balaban J connectivity index is 1.79. The van der Waals surface area contributed by atoms with Crippen LogP contribution in [0.1, 0.15) is 31.2 Å². The molecular weight excluding hydrogens is 330 g/mol. The number of rotatable bonds is 2. The van der Waals surface area contributed by atoms with E-state index in [9.17, 15) is 14.4 Å². The minimum Gasteiger partial charge on any atom is -0.351 e. The highest BCUT2D eigenvalue weighted by molar-refractivity contribution is 5.92. The molecule has 0 spiro atoms.